The van der Waals surface area contributed by atoms with Gasteiger partial charge in [0, 0.05) is 24.7 Å². The molecule has 186 valence electrons. The lowest BCUT2D eigenvalue weighted by molar-refractivity contribution is -0.121. The van der Waals surface area contributed by atoms with Gasteiger partial charge >= 0.3 is 6.03 Å². The Morgan fingerprint density at radius 1 is 0.972 bits per heavy atom. The van der Waals surface area contributed by atoms with E-state index in [1.807, 2.05) is 30.3 Å². The number of anilines is 1. The summed E-state index contributed by atoms with van der Waals surface area (Å²) in [5.41, 5.74) is 0.599. The quantitative estimate of drug-likeness (QED) is 0.529. The summed E-state index contributed by atoms with van der Waals surface area (Å²) >= 11 is 0. The van der Waals surface area contributed by atoms with Gasteiger partial charge in [0.25, 0.3) is 15.9 Å². The van der Waals surface area contributed by atoms with E-state index >= 15 is 0 Å². The number of fused-ring (bicyclic) bond motifs is 1. The van der Waals surface area contributed by atoms with E-state index in [9.17, 15) is 18.0 Å². The first-order valence-electron chi connectivity index (χ1n) is 11.3. The lowest BCUT2D eigenvalue weighted by atomic mass is 10.0. The molecule has 0 spiro atoms. The molecule has 1 aliphatic heterocycles. The molecule has 10 heteroatoms. The molecule has 3 aromatic carbocycles. The van der Waals surface area contributed by atoms with Gasteiger partial charge in [0.1, 0.15) is 5.54 Å². The highest BCUT2D eigenvalue weighted by Gasteiger charge is 2.63. The predicted molar refractivity (Wildman–Crippen MR) is 133 cm³/mol. The molecular weight excluding hydrogens is 482 g/mol. The molecule has 0 bridgehead atoms. The Kier molecular flexibility index (Phi) is 5.83. The lowest BCUT2D eigenvalue weighted by Crippen LogP contribution is -2.54. The molecule has 36 heavy (non-hydrogen) atoms. The number of benzene rings is 3. The Morgan fingerprint density at radius 2 is 1.67 bits per heavy atom. The smallest absolute Gasteiger partial charge is 0.329 e. The van der Waals surface area contributed by atoms with Crippen molar-refractivity contribution in [2.75, 3.05) is 18.7 Å². The van der Waals surface area contributed by atoms with Crippen molar-refractivity contribution in [1.82, 2.24) is 10.0 Å². The average Bonchev–Trinajstić information content (AvgIpc) is 3.38. The number of urea groups is 1. The van der Waals surface area contributed by atoms with Crippen molar-refractivity contribution in [2.45, 2.75) is 29.7 Å². The van der Waals surface area contributed by atoms with Crippen molar-refractivity contribution >= 4 is 27.6 Å². The molecule has 0 radical (unpaired) electrons. The van der Waals surface area contributed by atoms with Crippen LogP contribution in [0.1, 0.15) is 23.5 Å². The summed E-state index contributed by atoms with van der Waals surface area (Å²) in [6.07, 6.45) is 0.322. The Bertz CT molecular complexity index is 1440. The molecule has 1 heterocycles. The second-order valence-electron chi connectivity index (χ2n) is 8.87. The SMILES string of the molecule is Cc1ccccc1S(=O)(=O)NC(=O)NC1(C(=O)N(C)c2ccc3c(c2)OCO3)C[C@H]1c1ccccc1. The second-order valence-corrected chi connectivity index (χ2v) is 10.5. The first kappa shape index (κ1) is 23.7. The Morgan fingerprint density at radius 3 is 2.42 bits per heavy atom. The molecule has 1 saturated carbocycles. The van der Waals surface area contributed by atoms with Gasteiger partial charge in [-0.05, 0) is 42.7 Å². The highest BCUT2D eigenvalue weighted by Crippen LogP contribution is 2.53. The maximum Gasteiger partial charge on any atom is 0.329 e. The number of hydrogen-bond donors (Lipinski definition) is 2. The largest absolute Gasteiger partial charge is 0.454 e. The van der Waals surface area contributed by atoms with Crippen LogP contribution in [0.25, 0.3) is 0 Å². The fourth-order valence-electron chi connectivity index (χ4n) is 4.55. The van der Waals surface area contributed by atoms with E-state index in [2.05, 4.69) is 10.0 Å². The van der Waals surface area contributed by atoms with E-state index in [0.717, 1.165) is 5.56 Å². The van der Waals surface area contributed by atoms with Crippen molar-refractivity contribution in [3.8, 4) is 11.5 Å². The summed E-state index contributed by atoms with van der Waals surface area (Å²) in [5, 5.41) is 2.69. The van der Waals surface area contributed by atoms with Gasteiger partial charge in [0.05, 0.1) is 4.90 Å². The van der Waals surface area contributed by atoms with Crippen molar-refractivity contribution in [1.29, 1.82) is 0 Å². The Balaban J connectivity index is 1.42. The monoisotopic (exact) mass is 507 g/mol. The minimum atomic E-state index is -4.14. The number of nitrogens with one attached hydrogen (secondary N) is 2. The molecule has 3 amide bonds. The van der Waals surface area contributed by atoms with Crippen LogP contribution < -0.4 is 24.4 Å². The van der Waals surface area contributed by atoms with Crippen LogP contribution in [0.4, 0.5) is 10.5 Å². The zero-order valence-electron chi connectivity index (χ0n) is 19.7. The lowest BCUT2D eigenvalue weighted by Gasteiger charge is -2.26. The van der Waals surface area contributed by atoms with Crippen molar-refractivity contribution in [3.05, 3.63) is 83.9 Å². The highest BCUT2D eigenvalue weighted by molar-refractivity contribution is 7.90. The van der Waals surface area contributed by atoms with Crippen LogP contribution in [0.15, 0.2) is 77.7 Å². The van der Waals surface area contributed by atoms with Crippen molar-refractivity contribution < 1.29 is 27.5 Å². The maximum atomic E-state index is 13.8. The number of sulfonamides is 1. The molecule has 0 saturated heterocycles. The summed E-state index contributed by atoms with van der Waals surface area (Å²) < 4.78 is 38.6. The third-order valence-corrected chi connectivity index (χ3v) is 8.03. The third-order valence-electron chi connectivity index (χ3n) is 6.54. The predicted octanol–water partition coefficient (Wildman–Crippen LogP) is 3.30. The number of rotatable bonds is 6. The van der Waals surface area contributed by atoms with Crippen LogP contribution in [-0.4, -0.2) is 39.7 Å². The maximum absolute atomic E-state index is 13.8. The summed E-state index contributed by atoms with van der Waals surface area (Å²) in [5.74, 6) is 0.404. The number of hydrogen-bond acceptors (Lipinski definition) is 6. The summed E-state index contributed by atoms with van der Waals surface area (Å²) in [6, 6.07) is 19.8. The van der Waals surface area contributed by atoms with Crippen molar-refractivity contribution in [3.63, 3.8) is 0 Å². The van der Waals surface area contributed by atoms with Crippen LogP contribution >= 0.6 is 0 Å². The zero-order valence-corrected chi connectivity index (χ0v) is 20.5. The molecule has 2 N–H and O–H groups in total. The molecule has 0 aromatic heterocycles. The van der Waals surface area contributed by atoms with Gasteiger partial charge in [-0.1, -0.05) is 48.5 Å². The fourth-order valence-corrected chi connectivity index (χ4v) is 5.71. The van der Waals surface area contributed by atoms with Crippen LogP contribution in [0, 0.1) is 6.92 Å². The number of aryl methyl sites for hydroxylation is 1. The molecule has 3 aromatic rings. The molecule has 1 unspecified atom stereocenters. The van der Waals surface area contributed by atoms with E-state index in [1.54, 1.807) is 50.4 Å². The zero-order chi connectivity index (χ0) is 25.5. The van der Waals surface area contributed by atoms with E-state index in [-0.39, 0.29) is 23.5 Å². The minimum absolute atomic E-state index is 0.00610. The van der Waals surface area contributed by atoms with Crippen LogP contribution in [0.5, 0.6) is 11.5 Å². The second kappa shape index (κ2) is 8.87. The van der Waals surface area contributed by atoms with Crippen LogP contribution in [0.2, 0.25) is 0 Å². The summed E-state index contributed by atoms with van der Waals surface area (Å²) in [6.45, 7) is 1.75. The number of ether oxygens (including phenoxy) is 2. The first-order valence-corrected chi connectivity index (χ1v) is 12.8. The fraction of sp³-hybridized carbons (Fsp3) is 0.231. The molecule has 5 rings (SSSR count). The molecule has 2 atom stereocenters. The van der Waals surface area contributed by atoms with E-state index in [0.29, 0.717) is 29.2 Å². The van der Waals surface area contributed by atoms with Gasteiger partial charge in [-0.2, -0.15) is 0 Å². The standard InChI is InChI=1S/C26H25N3O6S/c1-17-8-6-7-11-23(17)36(32,33)28-25(31)27-26(15-20(26)18-9-4-3-5-10-18)24(30)29(2)19-12-13-21-22(14-19)35-16-34-21/h3-14,20H,15-16H2,1-2H3,(H2,27,28,31)/t20-,26?/m0/s1. The van der Waals surface area contributed by atoms with Crippen LogP contribution in [-0.2, 0) is 14.8 Å². The van der Waals surface area contributed by atoms with Gasteiger partial charge in [-0.3, -0.25) is 4.79 Å². The topological polar surface area (TPSA) is 114 Å². The number of amides is 3. The molecule has 2 aliphatic rings. The third kappa shape index (κ3) is 4.24. The number of likely N-dealkylation sites (N-methyl/N-ethyl adjacent to an activating group) is 1. The van der Waals surface area contributed by atoms with E-state index < -0.39 is 21.6 Å². The van der Waals surface area contributed by atoms with Gasteiger partial charge in [0.15, 0.2) is 11.5 Å². The van der Waals surface area contributed by atoms with E-state index in [4.69, 9.17) is 9.47 Å². The normalized spacial score (nSPS) is 19.9. The van der Waals surface area contributed by atoms with Crippen LogP contribution in [0.3, 0.4) is 0 Å². The summed E-state index contributed by atoms with van der Waals surface area (Å²) in [7, 11) is -2.54. The number of carbonyl (C=O) groups excluding carboxylic acids is 2. The Labute approximate surface area is 209 Å². The van der Waals surface area contributed by atoms with Gasteiger partial charge in [0.2, 0.25) is 6.79 Å². The molecule has 9 nitrogen and oxygen atoms in total. The van der Waals surface area contributed by atoms with Gasteiger partial charge < -0.3 is 19.7 Å². The summed E-state index contributed by atoms with van der Waals surface area (Å²) in [4.78, 5) is 28.2. The molecule has 1 aliphatic carbocycles. The molecule has 1 fully saturated rings. The van der Waals surface area contributed by atoms with E-state index in [1.165, 1.54) is 11.0 Å². The number of nitrogens with zero attached hydrogens (tertiary/aromatic N) is 1. The highest BCUT2D eigenvalue weighted by atomic mass is 32.2. The average molecular weight is 508 g/mol. The van der Waals surface area contributed by atoms with Crippen molar-refractivity contribution in [2.24, 2.45) is 0 Å². The molecular formula is C26H25N3O6S. The Hall–Kier alpha value is -4.05. The first-order chi connectivity index (χ1) is 17.2. The van der Waals surface area contributed by atoms with Gasteiger partial charge in [-0.25, -0.2) is 17.9 Å². The number of carbonyl (C=O) groups is 2. The van der Waals surface area contributed by atoms with Gasteiger partial charge in [-0.15, -0.1) is 0 Å². The minimum Gasteiger partial charge on any atom is -0.454 e.